The van der Waals surface area contributed by atoms with Crippen LogP contribution in [-0.4, -0.2) is 74.3 Å². The molecule has 1 aromatic rings. The number of β-amino-alcohol motifs (C(OH)–C–C–N with tert-alkyl or cyclic N) is 1. The van der Waals surface area contributed by atoms with Crippen LogP contribution in [0.5, 0.6) is 0 Å². The molecule has 0 amide bonds. The van der Waals surface area contributed by atoms with E-state index in [-0.39, 0.29) is 17.6 Å². The fourth-order valence-corrected chi connectivity index (χ4v) is 6.25. The van der Waals surface area contributed by atoms with Crippen LogP contribution >= 0.6 is 0 Å². The number of hydrogen-bond acceptors (Lipinski definition) is 5. The van der Waals surface area contributed by atoms with Crippen LogP contribution in [0.15, 0.2) is 35.2 Å². The van der Waals surface area contributed by atoms with E-state index in [1.165, 1.54) is 0 Å². The highest BCUT2D eigenvalue weighted by atomic mass is 32.2. The fraction of sp³-hybridized carbons (Fsp3) is 0.700. The van der Waals surface area contributed by atoms with E-state index in [0.29, 0.717) is 18.0 Å². The quantitative estimate of drug-likeness (QED) is 0.842. The van der Waals surface area contributed by atoms with Gasteiger partial charge in [0.2, 0.25) is 10.0 Å². The van der Waals surface area contributed by atoms with Crippen LogP contribution < -0.4 is 0 Å². The topological polar surface area (TPSA) is 70.1 Å². The molecule has 3 saturated heterocycles. The Morgan fingerprint density at radius 2 is 1.89 bits per heavy atom. The van der Waals surface area contributed by atoms with Gasteiger partial charge in [0.15, 0.2) is 0 Å². The van der Waals surface area contributed by atoms with Crippen molar-refractivity contribution < 1.29 is 18.3 Å². The summed E-state index contributed by atoms with van der Waals surface area (Å²) in [6.45, 7) is 4.52. The number of nitrogens with zero attached hydrogens (tertiary/aromatic N) is 2. The largest absolute Gasteiger partial charge is 0.392 e. The lowest BCUT2D eigenvalue weighted by Crippen LogP contribution is -2.44. The molecule has 2 atom stereocenters. The van der Waals surface area contributed by atoms with Crippen molar-refractivity contribution >= 4 is 10.0 Å². The van der Waals surface area contributed by atoms with Gasteiger partial charge in [-0.15, -0.1) is 0 Å². The molecule has 3 fully saturated rings. The summed E-state index contributed by atoms with van der Waals surface area (Å²) in [5, 5.41) is 9.85. The molecule has 7 heteroatoms. The monoisotopic (exact) mass is 394 g/mol. The maximum absolute atomic E-state index is 12.8. The van der Waals surface area contributed by atoms with Crippen molar-refractivity contribution in [1.29, 1.82) is 0 Å². The second-order valence-electron chi connectivity index (χ2n) is 8.41. The summed E-state index contributed by atoms with van der Waals surface area (Å²) < 4.78 is 33.4. The van der Waals surface area contributed by atoms with Crippen molar-refractivity contribution in [3.63, 3.8) is 0 Å². The highest BCUT2D eigenvalue weighted by Crippen LogP contribution is 2.43. The van der Waals surface area contributed by atoms with Gasteiger partial charge in [0, 0.05) is 26.2 Å². The van der Waals surface area contributed by atoms with E-state index >= 15 is 0 Å². The van der Waals surface area contributed by atoms with Gasteiger partial charge in [-0.05, 0) is 56.2 Å². The first kappa shape index (κ1) is 19.3. The third-order valence-electron chi connectivity index (χ3n) is 6.39. The Hall–Kier alpha value is -0.990. The number of hydrogen-bond donors (Lipinski definition) is 1. The van der Waals surface area contributed by atoms with Gasteiger partial charge in [0.25, 0.3) is 0 Å². The van der Waals surface area contributed by atoms with Crippen molar-refractivity contribution in [2.75, 3.05) is 39.3 Å². The van der Waals surface area contributed by atoms with Crippen LogP contribution in [0, 0.1) is 5.41 Å². The maximum Gasteiger partial charge on any atom is 0.243 e. The summed E-state index contributed by atoms with van der Waals surface area (Å²) in [4.78, 5) is 2.69. The number of benzene rings is 1. The lowest BCUT2D eigenvalue weighted by molar-refractivity contribution is 0.0242. The van der Waals surface area contributed by atoms with Gasteiger partial charge < -0.3 is 9.84 Å². The molecule has 0 aromatic heterocycles. The molecule has 3 aliphatic rings. The molecule has 3 heterocycles. The van der Waals surface area contributed by atoms with E-state index in [0.717, 1.165) is 58.3 Å². The van der Waals surface area contributed by atoms with Crippen molar-refractivity contribution in [1.82, 2.24) is 9.21 Å². The number of aliphatic hydroxyl groups is 1. The number of piperidine rings is 2. The van der Waals surface area contributed by atoms with Crippen LogP contribution in [0.2, 0.25) is 0 Å². The van der Waals surface area contributed by atoms with E-state index in [1.54, 1.807) is 28.6 Å². The van der Waals surface area contributed by atoms with Crippen molar-refractivity contribution in [2.45, 2.75) is 49.2 Å². The minimum atomic E-state index is -3.39. The molecule has 0 bridgehead atoms. The Morgan fingerprint density at radius 1 is 1.15 bits per heavy atom. The molecule has 27 heavy (non-hydrogen) atoms. The molecular formula is C20H30N2O4S. The van der Waals surface area contributed by atoms with E-state index in [1.807, 2.05) is 6.07 Å². The predicted octanol–water partition coefficient (Wildman–Crippen LogP) is 1.70. The van der Waals surface area contributed by atoms with Gasteiger partial charge in [-0.3, -0.25) is 4.90 Å². The van der Waals surface area contributed by atoms with E-state index in [9.17, 15) is 13.5 Å². The standard InChI is InChI=1S/C20H30N2O4S/c23-17-5-4-10-21(14-17)15-18-13-20(16-26-18)8-11-22(12-9-20)27(24,25)19-6-2-1-3-7-19/h1-3,6-7,17-18,23H,4-5,8-16H2/t17-,18+/m1/s1. The zero-order chi connectivity index (χ0) is 18.9. The van der Waals surface area contributed by atoms with Gasteiger partial charge in [-0.1, -0.05) is 18.2 Å². The Bertz CT molecular complexity index is 732. The van der Waals surface area contributed by atoms with Crippen LogP contribution in [0.1, 0.15) is 32.1 Å². The summed E-state index contributed by atoms with van der Waals surface area (Å²) in [5.41, 5.74) is 0.113. The van der Waals surface area contributed by atoms with Crippen LogP contribution in [0.25, 0.3) is 0 Å². The Morgan fingerprint density at radius 3 is 2.59 bits per heavy atom. The molecule has 1 N–H and O–H groups in total. The molecule has 1 spiro atoms. The third-order valence-corrected chi connectivity index (χ3v) is 8.31. The van der Waals surface area contributed by atoms with Crippen LogP contribution in [-0.2, 0) is 14.8 Å². The second-order valence-corrected chi connectivity index (χ2v) is 10.3. The van der Waals surface area contributed by atoms with Crippen molar-refractivity contribution in [3.8, 4) is 0 Å². The summed E-state index contributed by atoms with van der Waals surface area (Å²) in [6, 6.07) is 8.71. The zero-order valence-corrected chi connectivity index (χ0v) is 16.6. The maximum atomic E-state index is 12.8. The predicted molar refractivity (Wildman–Crippen MR) is 103 cm³/mol. The van der Waals surface area contributed by atoms with Gasteiger partial charge in [0.1, 0.15) is 0 Å². The molecule has 0 unspecified atom stereocenters. The zero-order valence-electron chi connectivity index (χ0n) is 15.8. The number of sulfonamides is 1. The highest BCUT2D eigenvalue weighted by Gasteiger charge is 2.44. The molecule has 3 aliphatic heterocycles. The van der Waals surface area contributed by atoms with Crippen LogP contribution in [0.4, 0.5) is 0 Å². The fourth-order valence-electron chi connectivity index (χ4n) is 4.79. The molecule has 1 aromatic carbocycles. The highest BCUT2D eigenvalue weighted by molar-refractivity contribution is 7.89. The third kappa shape index (κ3) is 4.22. The Labute approximate surface area is 162 Å². The molecule has 4 rings (SSSR count). The minimum absolute atomic E-state index is 0.113. The summed E-state index contributed by atoms with van der Waals surface area (Å²) in [7, 11) is -3.39. The van der Waals surface area contributed by atoms with Crippen molar-refractivity contribution in [3.05, 3.63) is 30.3 Å². The Balaban J connectivity index is 1.33. The van der Waals surface area contributed by atoms with Gasteiger partial charge in [-0.2, -0.15) is 4.31 Å². The van der Waals surface area contributed by atoms with E-state index in [2.05, 4.69) is 4.90 Å². The number of ether oxygens (including phenoxy) is 1. The number of likely N-dealkylation sites (tertiary alicyclic amines) is 1. The van der Waals surface area contributed by atoms with E-state index < -0.39 is 10.0 Å². The Kier molecular flexibility index (Phi) is 5.58. The molecule has 0 radical (unpaired) electrons. The van der Waals surface area contributed by atoms with Gasteiger partial charge in [0.05, 0.1) is 23.7 Å². The summed E-state index contributed by atoms with van der Waals surface area (Å²) >= 11 is 0. The summed E-state index contributed by atoms with van der Waals surface area (Å²) in [5.74, 6) is 0. The average Bonchev–Trinajstić information content (AvgIpc) is 3.05. The molecular weight excluding hydrogens is 364 g/mol. The number of rotatable bonds is 4. The first-order chi connectivity index (χ1) is 13.0. The molecule has 0 aliphatic carbocycles. The van der Waals surface area contributed by atoms with Gasteiger partial charge in [-0.25, -0.2) is 8.42 Å². The minimum Gasteiger partial charge on any atom is -0.392 e. The normalized spacial score (nSPS) is 30.0. The lowest BCUT2D eigenvalue weighted by Gasteiger charge is -2.38. The molecule has 6 nitrogen and oxygen atoms in total. The van der Waals surface area contributed by atoms with Crippen molar-refractivity contribution in [2.24, 2.45) is 5.41 Å². The smallest absolute Gasteiger partial charge is 0.243 e. The summed E-state index contributed by atoms with van der Waals surface area (Å²) in [6.07, 6.45) is 4.66. The number of aliphatic hydroxyl groups excluding tert-OH is 1. The lowest BCUT2D eigenvalue weighted by atomic mass is 9.77. The molecule has 150 valence electrons. The van der Waals surface area contributed by atoms with Crippen LogP contribution in [0.3, 0.4) is 0 Å². The second kappa shape index (κ2) is 7.79. The SMILES string of the molecule is O=S(=O)(c1ccccc1)N1CCC2(CC1)CO[C@H](CN1CCC[C@@H](O)C1)C2. The molecule has 0 saturated carbocycles. The van der Waals surface area contributed by atoms with Gasteiger partial charge >= 0.3 is 0 Å². The van der Waals surface area contributed by atoms with E-state index in [4.69, 9.17) is 4.74 Å². The first-order valence-corrected chi connectivity index (χ1v) is 11.5. The first-order valence-electron chi connectivity index (χ1n) is 10.0. The average molecular weight is 395 g/mol.